The quantitative estimate of drug-likeness (QED) is 0.445. The Morgan fingerprint density at radius 3 is 2.58 bits per heavy atom. The van der Waals surface area contributed by atoms with Gasteiger partial charge in [0.15, 0.2) is 9.84 Å². The SMILES string of the molecule is COc1cc(S(C)(=O)=O)ccc1Nc1nccc(-c2cc(C#N)c3c(c2)[C@@](C)(CO)CN3C(=O)OC(C)(C)C)n1. The number of aliphatic hydroxyl groups excluding tert-OH is 1. The Labute approximate surface area is 233 Å². The number of rotatable bonds is 6. The minimum atomic E-state index is -3.43. The first kappa shape index (κ1) is 28.8. The minimum Gasteiger partial charge on any atom is -0.495 e. The van der Waals surface area contributed by atoms with E-state index in [-0.39, 0.29) is 29.6 Å². The monoisotopic (exact) mass is 565 g/mol. The van der Waals surface area contributed by atoms with E-state index in [1.807, 2.05) is 13.0 Å². The highest BCUT2D eigenvalue weighted by molar-refractivity contribution is 7.90. The number of carbonyl (C=O) groups is 1. The Bertz CT molecular complexity index is 1630. The minimum absolute atomic E-state index is 0.110. The molecule has 4 rings (SSSR count). The molecule has 1 atom stereocenters. The number of hydrogen-bond donors (Lipinski definition) is 2. The lowest BCUT2D eigenvalue weighted by Crippen LogP contribution is -2.40. The molecule has 1 aliphatic rings. The molecule has 0 radical (unpaired) electrons. The lowest BCUT2D eigenvalue weighted by molar-refractivity contribution is 0.0575. The topological polar surface area (TPSA) is 155 Å². The first-order valence-electron chi connectivity index (χ1n) is 12.4. The molecule has 210 valence electrons. The van der Waals surface area contributed by atoms with Gasteiger partial charge in [0.1, 0.15) is 17.4 Å². The number of sulfone groups is 1. The molecule has 0 fully saturated rings. The van der Waals surface area contributed by atoms with E-state index in [4.69, 9.17) is 9.47 Å². The Balaban J connectivity index is 1.75. The molecule has 0 bridgehead atoms. The Morgan fingerprint density at radius 1 is 1.25 bits per heavy atom. The lowest BCUT2D eigenvalue weighted by Gasteiger charge is -2.26. The number of nitrogens with zero attached hydrogens (tertiary/aromatic N) is 4. The summed E-state index contributed by atoms with van der Waals surface area (Å²) in [5.74, 6) is 0.504. The van der Waals surface area contributed by atoms with E-state index < -0.39 is 26.9 Å². The molecule has 12 heteroatoms. The molecule has 1 aromatic heterocycles. The van der Waals surface area contributed by atoms with E-state index in [2.05, 4.69) is 21.4 Å². The van der Waals surface area contributed by atoms with Crippen molar-refractivity contribution in [3.8, 4) is 23.1 Å². The number of fused-ring (bicyclic) bond motifs is 1. The van der Waals surface area contributed by atoms with Gasteiger partial charge in [0.2, 0.25) is 5.95 Å². The fourth-order valence-corrected chi connectivity index (χ4v) is 5.08. The van der Waals surface area contributed by atoms with E-state index in [0.29, 0.717) is 33.9 Å². The molecule has 2 N–H and O–H groups in total. The Morgan fingerprint density at radius 2 is 1.98 bits per heavy atom. The maximum atomic E-state index is 13.0. The Hall–Kier alpha value is -4.21. The number of nitriles is 1. The zero-order chi connectivity index (χ0) is 29.5. The van der Waals surface area contributed by atoms with Gasteiger partial charge in [-0.2, -0.15) is 5.26 Å². The van der Waals surface area contributed by atoms with Crippen molar-refractivity contribution < 1.29 is 27.8 Å². The van der Waals surface area contributed by atoms with Crippen LogP contribution < -0.4 is 15.0 Å². The second-order valence-corrected chi connectivity index (χ2v) is 12.9. The van der Waals surface area contributed by atoms with Gasteiger partial charge in [0.25, 0.3) is 0 Å². The van der Waals surface area contributed by atoms with E-state index in [9.17, 15) is 23.6 Å². The van der Waals surface area contributed by atoms with Crippen LogP contribution in [0.1, 0.15) is 38.8 Å². The van der Waals surface area contributed by atoms with Crippen LogP contribution in [0.25, 0.3) is 11.3 Å². The summed E-state index contributed by atoms with van der Waals surface area (Å²) in [5, 5.41) is 23.4. The number of anilines is 3. The lowest BCUT2D eigenvalue weighted by atomic mass is 9.83. The molecule has 0 aliphatic carbocycles. The molecule has 1 amide bonds. The van der Waals surface area contributed by atoms with Gasteiger partial charge < -0.3 is 19.9 Å². The van der Waals surface area contributed by atoms with Crippen molar-refractivity contribution in [2.75, 3.05) is 36.7 Å². The molecule has 0 saturated heterocycles. The molecule has 40 heavy (non-hydrogen) atoms. The van der Waals surface area contributed by atoms with Crippen LogP contribution in [0, 0.1) is 11.3 Å². The first-order chi connectivity index (χ1) is 18.7. The third-order valence-electron chi connectivity index (χ3n) is 6.42. The molecule has 0 saturated carbocycles. The average molecular weight is 566 g/mol. The second-order valence-electron chi connectivity index (χ2n) is 10.8. The normalized spacial score (nSPS) is 16.7. The predicted octanol–water partition coefficient (Wildman–Crippen LogP) is 4.18. The fourth-order valence-electron chi connectivity index (χ4n) is 4.45. The molecule has 11 nitrogen and oxygen atoms in total. The molecule has 2 aromatic carbocycles. The summed E-state index contributed by atoms with van der Waals surface area (Å²) in [6.07, 6.45) is 2.06. The van der Waals surface area contributed by atoms with Gasteiger partial charge in [-0.05, 0) is 56.7 Å². The third kappa shape index (κ3) is 5.71. The molecule has 0 unspecified atom stereocenters. The highest BCUT2D eigenvalue weighted by Gasteiger charge is 2.44. The number of aliphatic hydroxyl groups is 1. The molecule has 3 aromatic rings. The van der Waals surface area contributed by atoms with Crippen molar-refractivity contribution in [2.45, 2.75) is 43.6 Å². The van der Waals surface area contributed by atoms with Crippen molar-refractivity contribution in [1.82, 2.24) is 9.97 Å². The highest BCUT2D eigenvalue weighted by Crippen LogP contribution is 2.45. The fraction of sp³-hybridized carbons (Fsp3) is 0.357. The molecule has 2 heterocycles. The summed E-state index contributed by atoms with van der Waals surface area (Å²) in [6.45, 7) is 6.99. The number of nitrogens with one attached hydrogen (secondary N) is 1. The van der Waals surface area contributed by atoms with Crippen LogP contribution in [-0.4, -0.2) is 61.7 Å². The average Bonchev–Trinajstić information content (AvgIpc) is 3.20. The smallest absolute Gasteiger partial charge is 0.414 e. The van der Waals surface area contributed by atoms with Gasteiger partial charge in [0, 0.05) is 36.0 Å². The summed E-state index contributed by atoms with van der Waals surface area (Å²) in [5.41, 5.74) is 1.23. The maximum absolute atomic E-state index is 13.0. The molecular formula is C28H31N5O6S. The van der Waals surface area contributed by atoms with Crippen molar-refractivity contribution in [3.05, 3.63) is 53.7 Å². The van der Waals surface area contributed by atoms with Crippen molar-refractivity contribution in [1.29, 1.82) is 5.26 Å². The van der Waals surface area contributed by atoms with Crippen LogP contribution in [0.4, 0.5) is 22.1 Å². The maximum Gasteiger partial charge on any atom is 0.414 e. The van der Waals surface area contributed by atoms with Crippen molar-refractivity contribution in [2.24, 2.45) is 0 Å². The number of aromatic nitrogens is 2. The van der Waals surface area contributed by atoms with Gasteiger partial charge in [-0.3, -0.25) is 4.90 Å². The number of carbonyl (C=O) groups excluding carboxylic acids is 1. The number of hydrogen-bond acceptors (Lipinski definition) is 10. The Kier molecular flexibility index (Phi) is 7.49. The van der Waals surface area contributed by atoms with Gasteiger partial charge in [-0.15, -0.1) is 0 Å². The van der Waals surface area contributed by atoms with Crippen LogP contribution in [-0.2, 0) is 20.0 Å². The molecular weight excluding hydrogens is 534 g/mol. The first-order valence-corrected chi connectivity index (χ1v) is 14.3. The summed E-state index contributed by atoms with van der Waals surface area (Å²) in [6, 6.07) is 11.7. The number of benzene rings is 2. The molecule has 1 aliphatic heterocycles. The van der Waals surface area contributed by atoms with Crippen LogP contribution in [0.15, 0.2) is 47.5 Å². The standard InChI is InChI=1S/C28H31N5O6S/c1-27(2,3)39-26(35)33-15-28(4,16-34)20-12-17(11-18(14-29)24(20)33)21-9-10-30-25(31-21)32-22-8-7-19(40(6,36)37)13-23(22)38-5/h7-13,34H,15-16H2,1-6H3,(H,30,31,32)/t28-/m1/s1. The van der Waals surface area contributed by atoms with Gasteiger partial charge in [-0.25, -0.2) is 23.2 Å². The van der Waals surface area contributed by atoms with Crippen LogP contribution in [0.2, 0.25) is 0 Å². The second kappa shape index (κ2) is 10.4. The largest absolute Gasteiger partial charge is 0.495 e. The number of methoxy groups -OCH3 is 1. The van der Waals surface area contributed by atoms with Crippen LogP contribution >= 0.6 is 0 Å². The van der Waals surface area contributed by atoms with Crippen molar-refractivity contribution in [3.63, 3.8) is 0 Å². The zero-order valence-corrected chi connectivity index (χ0v) is 24.0. The predicted molar refractivity (Wildman–Crippen MR) is 150 cm³/mol. The van der Waals surface area contributed by atoms with Crippen molar-refractivity contribution >= 4 is 33.3 Å². The number of ether oxygens (including phenoxy) is 2. The summed E-state index contributed by atoms with van der Waals surface area (Å²) < 4.78 is 34.8. The number of amides is 1. The van der Waals surface area contributed by atoms with Gasteiger partial charge in [-0.1, -0.05) is 6.92 Å². The molecule has 0 spiro atoms. The van der Waals surface area contributed by atoms with Gasteiger partial charge >= 0.3 is 6.09 Å². The van der Waals surface area contributed by atoms with E-state index >= 15 is 0 Å². The van der Waals surface area contributed by atoms with E-state index in [0.717, 1.165) is 6.26 Å². The third-order valence-corrected chi connectivity index (χ3v) is 7.53. The highest BCUT2D eigenvalue weighted by atomic mass is 32.2. The van der Waals surface area contributed by atoms with Crippen LogP contribution in [0.5, 0.6) is 5.75 Å². The summed E-state index contributed by atoms with van der Waals surface area (Å²) in [7, 11) is -2.00. The van der Waals surface area contributed by atoms with Crippen LogP contribution in [0.3, 0.4) is 0 Å². The summed E-state index contributed by atoms with van der Waals surface area (Å²) in [4.78, 5) is 23.4. The van der Waals surface area contributed by atoms with E-state index in [1.54, 1.807) is 45.2 Å². The summed E-state index contributed by atoms with van der Waals surface area (Å²) >= 11 is 0. The zero-order valence-electron chi connectivity index (χ0n) is 23.1. The van der Waals surface area contributed by atoms with E-state index in [1.165, 1.54) is 24.1 Å². The van der Waals surface area contributed by atoms with Gasteiger partial charge in [0.05, 0.1) is 41.2 Å².